The quantitative estimate of drug-likeness (QED) is 0.751. The third-order valence-electron chi connectivity index (χ3n) is 1.44. The number of aryl methyl sites for hydroxylation is 1. The number of aromatic nitrogens is 2. The van der Waals surface area contributed by atoms with Gasteiger partial charge >= 0.3 is 5.97 Å². The van der Waals surface area contributed by atoms with Crippen LogP contribution < -0.4 is 0 Å². The first-order chi connectivity index (χ1) is 5.63. The maximum Gasteiger partial charge on any atom is 0.309 e. The lowest BCUT2D eigenvalue weighted by Gasteiger charge is -1.90. The number of aromatic amines is 1. The molecule has 0 aromatic carbocycles. The monoisotopic (exact) mass is 188 g/mol. The average molecular weight is 189 g/mol. The lowest BCUT2D eigenvalue weighted by atomic mass is 10.3. The van der Waals surface area contributed by atoms with Crippen LogP contribution in [0.15, 0.2) is 0 Å². The van der Waals surface area contributed by atoms with Crippen molar-refractivity contribution in [1.29, 1.82) is 0 Å². The van der Waals surface area contributed by atoms with E-state index >= 15 is 0 Å². The van der Waals surface area contributed by atoms with Gasteiger partial charge in [0.25, 0.3) is 0 Å². The Hall–Kier alpha value is -1.03. The van der Waals surface area contributed by atoms with Gasteiger partial charge < -0.3 is 10.1 Å². The number of halogens is 1. The Morgan fingerprint density at radius 2 is 2.42 bits per heavy atom. The fourth-order valence-electron chi connectivity index (χ4n) is 0.875. The Morgan fingerprint density at radius 3 is 2.83 bits per heavy atom. The highest BCUT2D eigenvalue weighted by molar-refractivity contribution is 6.30. The standard InChI is InChI=1S/C7H9ClN2O2/c1-2-5-9-4(3-6(11)12)7(8)10-5/h2-3H2,1H3,(H,9,10)(H,11,12). The van der Waals surface area contributed by atoms with Crippen LogP contribution in [0.1, 0.15) is 18.4 Å². The SMILES string of the molecule is CCc1nc(Cl)c(CC(=O)O)[nH]1. The number of carbonyl (C=O) groups is 1. The van der Waals surface area contributed by atoms with Crippen LogP contribution in [0.5, 0.6) is 0 Å². The topological polar surface area (TPSA) is 66.0 Å². The maximum atomic E-state index is 10.3. The summed E-state index contributed by atoms with van der Waals surface area (Å²) in [5.41, 5.74) is 0.473. The molecule has 0 bridgehead atoms. The van der Waals surface area contributed by atoms with Crippen molar-refractivity contribution in [1.82, 2.24) is 9.97 Å². The van der Waals surface area contributed by atoms with Crippen LogP contribution in [0.3, 0.4) is 0 Å². The molecule has 2 N–H and O–H groups in total. The van der Waals surface area contributed by atoms with Gasteiger partial charge in [0, 0.05) is 6.42 Å². The molecule has 0 saturated carbocycles. The van der Waals surface area contributed by atoms with Crippen LogP contribution in [-0.2, 0) is 17.6 Å². The Kier molecular flexibility index (Phi) is 2.70. The van der Waals surface area contributed by atoms with Crippen molar-refractivity contribution in [2.75, 3.05) is 0 Å². The van der Waals surface area contributed by atoms with E-state index in [1.54, 1.807) is 0 Å². The van der Waals surface area contributed by atoms with E-state index in [-0.39, 0.29) is 11.6 Å². The van der Waals surface area contributed by atoms with Gasteiger partial charge in [0.05, 0.1) is 12.1 Å². The lowest BCUT2D eigenvalue weighted by molar-refractivity contribution is -0.136. The highest BCUT2D eigenvalue weighted by Gasteiger charge is 2.09. The second kappa shape index (κ2) is 3.58. The van der Waals surface area contributed by atoms with Crippen molar-refractivity contribution in [2.24, 2.45) is 0 Å². The van der Waals surface area contributed by atoms with E-state index in [4.69, 9.17) is 16.7 Å². The molecule has 0 aliphatic heterocycles. The third-order valence-corrected chi connectivity index (χ3v) is 1.75. The van der Waals surface area contributed by atoms with Crippen molar-refractivity contribution in [3.63, 3.8) is 0 Å². The van der Waals surface area contributed by atoms with Gasteiger partial charge in [-0.25, -0.2) is 4.98 Å². The van der Waals surface area contributed by atoms with E-state index in [1.165, 1.54) is 0 Å². The molecular weight excluding hydrogens is 180 g/mol. The fourth-order valence-corrected chi connectivity index (χ4v) is 1.09. The molecule has 1 heterocycles. The Morgan fingerprint density at radius 1 is 1.75 bits per heavy atom. The van der Waals surface area contributed by atoms with Crippen LogP contribution >= 0.6 is 11.6 Å². The first-order valence-corrected chi connectivity index (χ1v) is 3.96. The van der Waals surface area contributed by atoms with Gasteiger partial charge in [-0.15, -0.1) is 0 Å². The summed E-state index contributed by atoms with van der Waals surface area (Å²) in [5, 5.41) is 8.73. The summed E-state index contributed by atoms with van der Waals surface area (Å²) in [6.07, 6.45) is 0.616. The smallest absolute Gasteiger partial charge is 0.309 e. The maximum absolute atomic E-state index is 10.3. The molecule has 0 unspecified atom stereocenters. The predicted octanol–water partition coefficient (Wildman–Crippen LogP) is 1.25. The highest BCUT2D eigenvalue weighted by atomic mass is 35.5. The van der Waals surface area contributed by atoms with Crippen molar-refractivity contribution in [3.8, 4) is 0 Å². The van der Waals surface area contributed by atoms with Crippen molar-refractivity contribution in [3.05, 3.63) is 16.7 Å². The number of H-pyrrole nitrogens is 1. The van der Waals surface area contributed by atoms with E-state index in [2.05, 4.69) is 9.97 Å². The molecule has 1 rings (SSSR count). The van der Waals surface area contributed by atoms with E-state index in [1.807, 2.05) is 6.92 Å². The van der Waals surface area contributed by atoms with E-state index in [0.717, 1.165) is 12.2 Å². The van der Waals surface area contributed by atoms with Gasteiger partial charge in [0.2, 0.25) is 0 Å². The summed E-state index contributed by atoms with van der Waals surface area (Å²) in [6, 6.07) is 0. The van der Waals surface area contributed by atoms with Gasteiger partial charge in [-0.1, -0.05) is 18.5 Å². The van der Waals surface area contributed by atoms with Gasteiger partial charge in [-0.3, -0.25) is 4.79 Å². The molecule has 4 nitrogen and oxygen atoms in total. The first-order valence-electron chi connectivity index (χ1n) is 3.58. The van der Waals surface area contributed by atoms with Crippen LogP contribution in [0.4, 0.5) is 0 Å². The molecule has 0 saturated heterocycles. The zero-order valence-corrected chi connectivity index (χ0v) is 7.35. The first kappa shape index (κ1) is 9.06. The number of hydrogen-bond acceptors (Lipinski definition) is 2. The van der Waals surface area contributed by atoms with Gasteiger partial charge in [-0.2, -0.15) is 0 Å². The Balaban J connectivity index is 2.84. The summed E-state index contributed by atoms with van der Waals surface area (Å²) >= 11 is 5.66. The molecule has 12 heavy (non-hydrogen) atoms. The molecule has 0 aliphatic carbocycles. The highest BCUT2D eigenvalue weighted by Crippen LogP contribution is 2.13. The summed E-state index contributed by atoms with van der Waals surface area (Å²) in [6.45, 7) is 1.92. The van der Waals surface area contributed by atoms with Crippen LogP contribution in [-0.4, -0.2) is 21.0 Å². The van der Waals surface area contributed by atoms with Crippen molar-refractivity contribution in [2.45, 2.75) is 19.8 Å². The molecule has 66 valence electrons. The second-order valence-electron chi connectivity index (χ2n) is 2.38. The number of carboxylic acids is 1. The molecule has 0 spiro atoms. The minimum Gasteiger partial charge on any atom is -0.481 e. The van der Waals surface area contributed by atoms with Crippen LogP contribution in [0.2, 0.25) is 5.15 Å². The zero-order chi connectivity index (χ0) is 9.14. The van der Waals surface area contributed by atoms with Crippen LogP contribution in [0, 0.1) is 0 Å². The molecule has 0 radical (unpaired) electrons. The molecule has 0 atom stereocenters. The van der Waals surface area contributed by atoms with Crippen LogP contribution in [0.25, 0.3) is 0 Å². The second-order valence-corrected chi connectivity index (χ2v) is 2.73. The summed E-state index contributed by atoms with van der Waals surface area (Å²) < 4.78 is 0. The average Bonchev–Trinajstić information content (AvgIpc) is 2.31. The summed E-state index contributed by atoms with van der Waals surface area (Å²) in [7, 11) is 0. The number of hydrogen-bond donors (Lipinski definition) is 2. The number of carboxylic acid groups (broad SMARTS) is 1. The minimum atomic E-state index is -0.914. The third kappa shape index (κ3) is 1.98. The zero-order valence-electron chi connectivity index (χ0n) is 6.59. The van der Waals surface area contributed by atoms with Gasteiger partial charge in [-0.05, 0) is 0 Å². The largest absolute Gasteiger partial charge is 0.481 e. The number of nitrogens with zero attached hydrogens (tertiary/aromatic N) is 1. The summed E-state index contributed by atoms with van der Waals surface area (Å²) in [4.78, 5) is 17.1. The molecule has 5 heteroatoms. The molecule has 0 aliphatic rings. The lowest BCUT2D eigenvalue weighted by Crippen LogP contribution is -2.00. The molecule has 1 aromatic heterocycles. The number of nitrogens with one attached hydrogen (secondary N) is 1. The number of aliphatic carboxylic acids is 1. The predicted molar refractivity (Wildman–Crippen MR) is 44.3 cm³/mol. The molecule has 1 aromatic rings. The molecular formula is C7H9ClN2O2. The Bertz CT molecular complexity index is 296. The summed E-state index contributed by atoms with van der Waals surface area (Å²) in [5.74, 6) is -0.195. The normalized spacial score (nSPS) is 10.2. The van der Waals surface area contributed by atoms with E-state index < -0.39 is 5.97 Å². The Labute approximate surface area is 74.6 Å². The van der Waals surface area contributed by atoms with Gasteiger partial charge in [0.15, 0.2) is 5.15 Å². The van der Waals surface area contributed by atoms with Gasteiger partial charge in [0.1, 0.15) is 5.82 Å². The minimum absolute atomic E-state index is 0.105. The van der Waals surface area contributed by atoms with E-state index in [9.17, 15) is 4.79 Å². The van der Waals surface area contributed by atoms with Crippen molar-refractivity contribution >= 4 is 17.6 Å². The van der Waals surface area contributed by atoms with E-state index in [0.29, 0.717) is 5.69 Å². The van der Waals surface area contributed by atoms with Crippen molar-refractivity contribution < 1.29 is 9.90 Å². The fraction of sp³-hybridized carbons (Fsp3) is 0.429. The molecule has 0 amide bonds. The number of rotatable bonds is 3. The number of imidazole rings is 1. The molecule has 0 fully saturated rings.